The van der Waals surface area contributed by atoms with Crippen LogP contribution in [0.15, 0.2) is 78.9 Å². The van der Waals surface area contributed by atoms with Gasteiger partial charge in [-0.05, 0) is 62.4 Å². The van der Waals surface area contributed by atoms with Crippen LogP contribution in [0.5, 0.6) is 0 Å². The highest BCUT2D eigenvalue weighted by Crippen LogP contribution is 2.28. The molecule has 51 heavy (non-hydrogen) atoms. The number of piperidine rings is 1. The van der Waals surface area contributed by atoms with Gasteiger partial charge in [0.25, 0.3) is 11.8 Å². The van der Waals surface area contributed by atoms with E-state index in [1.807, 2.05) is 66.7 Å². The molecule has 274 valence electrons. The third-order valence-electron chi connectivity index (χ3n) is 10.6. The molecule has 0 bridgehead atoms. The minimum Gasteiger partial charge on any atom is -0.446 e. The van der Waals surface area contributed by atoms with Crippen molar-refractivity contribution >= 4 is 23.6 Å². The summed E-state index contributed by atoms with van der Waals surface area (Å²) in [5, 5.41) is 2.97. The lowest BCUT2D eigenvalue weighted by molar-refractivity contribution is -0.890. The van der Waals surface area contributed by atoms with E-state index >= 15 is 0 Å². The first-order valence-electron chi connectivity index (χ1n) is 19.4. The molecule has 2 aliphatic heterocycles. The fourth-order valence-corrected chi connectivity index (χ4v) is 7.50. The second kappa shape index (κ2) is 19.6. The number of anilines is 1. The lowest BCUT2D eigenvalue weighted by Crippen LogP contribution is -2.43. The molecule has 0 saturated carbocycles. The standard InChI is InChI=1S/C43H58N4O4/c1-47(2,34-20-30-46-41(48)38-24-14-15-25-39(38)42(46)49)33-19-10-8-6-4-3-5-7-9-18-29-45-31-27-36(28-32-45)51-43(50)44-40-26-17-16-23-37(40)35-21-12-11-13-22-35/h11-17,21-26,36H,3-10,18-20,27-34H2,1-2H3/p+1. The molecule has 1 saturated heterocycles. The van der Waals surface area contributed by atoms with Crippen LogP contribution in [0.25, 0.3) is 11.1 Å². The quantitative estimate of drug-likeness (QED) is 0.0725. The summed E-state index contributed by atoms with van der Waals surface area (Å²) in [5.74, 6) is -0.295. The number of rotatable bonds is 20. The van der Waals surface area contributed by atoms with Crippen molar-refractivity contribution in [2.45, 2.75) is 89.6 Å². The minimum atomic E-state index is -0.369. The van der Waals surface area contributed by atoms with Crippen LogP contribution in [0, 0.1) is 0 Å². The van der Waals surface area contributed by atoms with E-state index in [0.29, 0.717) is 17.7 Å². The molecule has 5 rings (SSSR count). The highest BCUT2D eigenvalue weighted by atomic mass is 16.6. The van der Waals surface area contributed by atoms with E-state index in [2.05, 4.69) is 24.3 Å². The first-order chi connectivity index (χ1) is 24.8. The Balaban J connectivity index is 0.821. The van der Waals surface area contributed by atoms with Gasteiger partial charge < -0.3 is 14.1 Å². The van der Waals surface area contributed by atoms with Crippen molar-refractivity contribution in [3.63, 3.8) is 0 Å². The molecule has 0 radical (unpaired) electrons. The van der Waals surface area contributed by atoms with E-state index < -0.39 is 0 Å². The van der Waals surface area contributed by atoms with Crippen molar-refractivity contribution in [1.29, 1.82) is 0 Å². The zero-order valence-corrected chi connectivity index (χ0v) is 31.0. The van der Waals surface area contributed by atoms with Crippen LogP contribution in [0.1, 0.15) is 104 Å². The molecule has 1 N–H and O–H groups in total. The normalized spacial score (nSPS) is 15.3. The topological polar surface area (TPSA) is 79.0 Å². The average molecular weight is 696 g/mol. The molecule has 8 nitrogen and oxygen atoms in total. The molecule has 3 aromatic carbocycles. The number of nitrogens with zero attached hydrogens (tertiary/aromatic N) is 3. The fraction of sp³-hybridized carbons (Fsp3) is 0.512. The Morgan fingerprint density at radius 1 is 0.647 bits per heavy atom. The van der Waals surface area contributed by atoms with Gasteiger partial charge in [0.15, 0.2) is 0 Å². The molecule has 3 aromatic rings. The largest absolute Gasteiger partial charge is 0.446 e. The van der Waals surface area contributed by atoms with Crippen molar-refractivity contribution in [3.8, 4) is 11.1 Å². The van der Waals surface area contributed by atoms with Crippen LogP contribution in [0.3, 0.4) is 0 Å². The van der Waals surface area contributed by atoms with E-state index in [9.17, 15) is 14.4 Å². The van der Waals surface area contributed by atoms with Crippen LogP contribution in [-0.2, 0) is 4.74 Å². The molecular weight excluding hydrogens is 636 g/mol. The predicted octanol–water partition coefficient (Wildman–Crippen LogP) is 9.03. The molecule has 0 spiro atoms. The lowest BCUT2D eigenvalue weighted by atomic mass is 10.0. The molecule has 0 atom stereocenters. The third kappa shape index (κ3) is 11.8. The van der Waals surface area contributed by atoms with E-state index in [1.165, 1.54) is 69.1 Å². The number of carbonyl (C=O) groups excluding carboxylic acids is 3. The Labute approximate surface area is 305 Å². The van der Waals surface area contributed by atoms with Crippen molar-refractivity contribution in [3.05, 3.63) is 90.0 Å². The summed E-state index contributed by atoms with van der Waals surface area (Å²) in [6, 6.07) is 25.1. The molecule has 2 aliphatic rings. The number of carbonyl (C=O) groups is 3. The Hall–Kier alpha value is -4.01. The van der Waals surface area contributed by atoms with Crippen molar-refractivity contribution < 1.29 is 23.6 Å². The van der Waals surface area contributed by atoms with Gasteiger partial charge in [-0.25, -0.2) is 4.79 Å². The zero-order chi connectivity index (χ0) is 35.9. The maximum Gasteiger partial charge on any atom is 0.411 e. The molecule has 2 heterocycles. The summed E-state index contributed by atoms with van der Waals surface area (Å²) in [7, 11) is 4.52. The number of ether oxygens (including phenoxy) is 1. The number of likely N-dealkylation sites (tertiary alicyclic amines) is 1. The summed E-state index contributed by atoms with van der Waals surface area (Å²) < 4.78 is 6.74. The first kappa shape index (κ1) is 38.2. The summed E-state index contributed by atoms with van der Waals surface area (Å²) in [6.07, 6.45) is 15.2. The van der Waals surface area contributed by atoms with E-state index in [4.69, 9.17) is 4.74 Å². The number of hydrogen-bond donors (Lipinski definition) is 1. The number of unbranched alkanes of at least 4 members (excludes halogenated alkanes) is 9. The van der Waals surface area contributed by atoms with E-state index in [0.717, 1.165) is 73.3 Å². The van der Waals surface area contributed by atoms with Crippen LogP contribution in [-0.4, -0.2) is 91.7 Å². The van der Waals surface area contributed by atoms with Gasteiger partial charge >= 0.3 is 6.09 Å². The molecule has 0 aromatic heterocycles. The van der Waals surface area contributed by atoms with E-state index in [-0.39, 0.29) is 24.0 Å². The summed E-state index contributed by atoms with van der Waals surface area (Å²) in [4.78, 5) is 41.8. The van der Waals surface area contributed by atoms with Gasteiger partial charge in [0.1, 0.15) is 6.10 Å². The molecule has 3 amide bonds. The summed E-state index contributed by atoms with van der Waals surface area (Å²) >= 11 is 0. The number of amides is 3. The van der Waals surface area contributed by atoms with Crippen molar-refractivity contribution in [2.75, 3.05) is 58.7 Å². The Kier molecular flexibility index (Phi) is 14.7. The van der Waals surface area contributed by atoms with Crippen LogP contribution in [0.2, 0.25) is 0 Å². The highest BCUT2D eigenvalue weighted by molar-refractivity contribution is 6.21. The highest BCUT2D eigenvalue weighted by Gasteiger charge is 2.35. The van der Waals surface area contributed by atoms with Crippen LogP contribution >= 0.6 is 0 Å². The Morgan fingerprint density at radius 2 is 1.16 bits per heavy atom. The molecule has 8 heteroatoms. The van der Waals surface area contributed by atoms with Gasteiger partial charge in [-0.1, -0.05) is 106 Å². The lowest BCUT2D eigenvalue weighted by Gasteiger charge is -2.31. The van der Waals surface area contributed by atoms with Crippen LogP contribution in [0.4, 0.5) is 10.5 Å². The minimum absolute atomic E-state index is 0.0269. The SMILES string of the molecule is C[N+](C)(CCCCCCCCCCCCN1CCC(OC(=O)Nc2ccccc2-c2ccccc2)CC1)CCCN1C(=O)c2ccccc2C1=O. The number of nitrogens with one attached hydrogen (secondary N) is 1. The second-order valence-corrected chi connectivity index (χ2v) is 15.1. The number of hydrogen-bond acceptors (Lipinski definition) is 5. The number of para-hydroxylation sites is 1. The maximum absolute atomic E-state index is 12.7. The number of fused-ring (bicyclic) bond motifs is 1. The van der Waals surface area contributed by atoms with Gasteiger partial charge in [-0.3, -0.25) is 19.8 Å². The van der Waals surface area contributed by atoms with Crippen LogP contribution < -0.4 is 5.32 Å². The maximum atomic E-state index is 12.7. The monoisotopic (exact) mass is 695 g/mol. The second-order valence-electron chi connectivity index (χ2n) is 15.1. The number of imide groups is 1. The smallest absolute Gasteiger partial charge is 0.411 e. The zero-order valence-electron chi connectivity index (χ0n) is 31.0. The number of benzene rings is 3. The van der Waals surface area contributed by atoms with Crippen molar-refractivity contribution in [2.24, 2.45) is 0 Å². The first-order valence-corrected chi connectivity index (χ1v) is 19.4. The summed E-state index contributed by atoms with van der Waals surface area (Å²) in [5.41, 5.74) is 3.91. The predicted molar refractivity (Wildman–Crippen MR) is 206 cm³/mol. The summed E-state index contributed by atoms with van der Waals surface area (Å²) in [6.45, 7) is 5.71. The van der Waals surface area contributed by atoms with Gasteiger partial charge in [-0.2, -0.15) is 0 Å². The van der Waals surface area contributed by atoms with Gasteiger partial charge in [0, 0.05) is 31.6 Å². The fourth-order valence-electron chi connectivity index (χ4n) is 7.50. The Bertz CT molecular complexity index is 1520. The average Bonchev–Trinajstić information content (AvgIpc) is 3.38. The van der Waals surface area contributed by atoms with E-state index in [1.54, 1.807) is 12.1 Å². The van der Waals surface area contributed by atoms with Crippen molar-refractivity contribution in [1.82, 2.24) is 9.80 Å². The molecule has 0 unspecified atom stereocenters. The molecular formula is C43H59N4O4+. The Morgan fingerprint density at radius 3 is 1.78 bits per heavy atom. The van der Waals surface area contributed by atoms with Gasteiger partial charge in [0.2, 0.25) is 0 Å². The molecule has 0 aliphatic carbocycles. The van der Waals surface area contributed by atoms with Gasteiger partial charge in [0.05, 0.1) is 44.0 Å². The molecule has 1 fully saturated rings. The van der Waals surface area contributed by atoms with Gasteiger partial charge in [-0.15, -0.1) is 0 Å². The number of quaternary nitrogens is 1. The third-order valence-corrected chi connectivity index (χ3v) is 10.6.